The Bertz CT molecular complexity index is 984. The first-order valence-corrected chi connectivity index (χ1v) is 9.12. The molecule has 0 fully saturated rings. The minimum absolute atomic E-state index is 0.142. The van der Waals surface area contributed by atoms with Crippen LogP contribution in [-0.2, 0) is 24.4 Å². The van der Waals surface area contributed by atoms with E-state index in [2.05, 4.69) is 30.8 Å². The number of nitrogens with zero attached hydrogens (tertiary/aromatic N) is 2. The molecule has 4 rings (SSSR count). The van der Waals surface area contributed by atoms with Gasteiger partial charge in [0.1, 0.15) is 18.2 Å². The number of nitrogens with one attached hydrogen (secondary N) is 1. The molecule has 6 nitrogen and oxygen atoms in total. The maximum atomic E-state index is 12.6. The highest BCUT2D eigenvalue weighted by atomic mass is 79.9. The summed E-state index contributed by atoms with van der Waals surface area (Å²) in [4.78, 5) is 17.2. The molecule has 0 atom stereocenters. The Labute approximate surface area is 159 Å². The topological polar surface area (TPSA) is 65.4 Å². The number of imidazole rings is 1. The van der Waals surface area contributed by atoms with Crippen molar-refractivity contribution < 1.29 is 14.3 Å². The monoisotopic (exact) mass is 415 g/mol. The molecule has 3 aromatic rings. The number of hydrogen-bond acceptors (Lipinski definition) is 4. The molecule has 26 heavy (non-hydrogen) atoms. The summed E-state index contributed by atoms with van der Waals surface area (Å²) in [5.41, 5.74) is 3.35. The number of hydrogen-bond donors (Lipinski definition) is 1. The van der Waals surface area contributed by atoms with Gasteiger partial charge >= 0.3 is 0 Å². The highest BCUT2D eigenvalue weighted by molar-refractivity contribution is 9.10. The molecule has 1 aliphatic heterocycles. The van der Waals surface area contributed by atoms with Gasteiger partial charge in [-0.3, -0.25) is 4.79 Å². The van der Waals surface area contributed by atoms with Crippen LogP contribution in [0.5, 0.6) is 5.75 Å². The Morgan fingerprint density at radius 1 is 1.35 bits per heavy atom. The van der Waals surface area contributed by atoms with E-state index >= 15 is 0 Å². The predicted molar refractivity (Wildman–Crippen MR) is 101 cm³/mol. The second kappa shape index (κ2) is 7.09. The number of fused-ring (bicyclic) bond motifs is 3. The van der Waals surface area contributed by atoms with E-state index in [1.54, 1.807) is 7.11 Å². The standard InChI is InChI=1S/C19H18BrN3O3/c1-25-17-5-3-14(20)8-13(17)10-21-19(24)12-2-4-16-15(9-12)22-18-11-26-7-6-23(16)18/h2-5,8-9H,6-7,10-11H2,1H3,(H,21,24). The van der Waals surface area contributed by atoms with Crippen LogP contribution in [0.2, 0.25) is 0 Å². The molecule has 134 valence electrons. The molecule has 0 saturated heterocycles. The first-order valence-electron chi connectivity index (χ1n) is 8.33. The highest BCUT2D eigenvalue weighted by Crippen LogP contribution is 2.23. The normalized spacial score (nSPS) is 13.5. The minimum atomic E-state index is -0.142. The first-order chi connectivity index (χ1) is 12.7. The Morgan fingerprint density at radius 2 is 2.23 bits per heavy atom. The van der Waals surface area contributed by atoms with E-state index in [9.17, 15) is 4.79 Å². The van der Waals surface area contributed by atoms with Crippen LogP contribution in [-0.4, -0.2) is 29.2 Å². The number of rotatable bonds is 4. The number of halogens is 1. The van der Waals surface area contributed by atoms with Crippen LogP contribution in [0, 0.1) is 0 Å². The molecular formula is C19H18BrN3O3. The highest BCUT2D eigenvalue weighted by Gasteiger charge is 2.16. The van der Waals surface area contributed by atoms with Gasteiger partial charge in [0.05, 0.1) is 24.8 Å². The lowest BCUT2D eigenvalue weighted by Gasteiger charge is -2.14. The van der Waals surface area contributed by atoms with E-state index in [4.69, 9.17) is 9.47 Å². The van der Waals surface area contributed by atoms with Crippen molar-refractivity contribution in [1.82, 2.24) is 14.9 Å². The number of carbonyl (C=O) groups excluding carboxylic acids is 1. The molecule has 2 heterocycles. The van der Waals surface area contributed by atoms with Gasteiger partial charge in [0.15, 0.2) is 0 Å². The van der Waals surface area contributed by atoms with Crippen molar-refractivity contribution in [3.8, 4) is 5.75 Å². The third-order valence-corrected chi connectivity index (χ3v) is 4.95. The fourth-order valence-corrected chi connectivity index (χ4v) is 3.57. The van der Waals surface area contributed by atoms with Crippen molar-refractivity contribution in [2.45, 2.75) is 19.7 Å². The van der Waals surface area contributed by atoms with Crippen molar-refractivity contribution in [2.75, 3.05) is 13.7 Å². The summed E-state index contributed by atoms with van der Waals surface area (Å²) in [7, 11) is 1.62. The molecule has 1 amide bonds. The Morgan fingerprint density at radius 3 is 3.08 bits per heavy atom. The largest absolute Gasteiger partial charge is 0.496 e. The molecule has 1 aliphatic rings. The predicted octanol–water partition coefficient (Wildman–Crippen LogP) is 3.27. The summed E-state index contributed by atoms with van der Waals surface area (Å²) in [5, 5.41) is 2.94. The number of carbonyl (C=O) groups is 1. The van der Waals surface area contributed by atoms with Gasteiger partial charge in [-0.2, -0.15) is 0 Å². The number of amides is 1. The van der Waals surface area contributed by atoms with E-state index in [0.717, 1.165) is 39.2 Å². The summed E-state index contributed by atoms with van der Waals surface area (Å²) < 4.78 is 13.9. The molecule has 0 unspecified atom stereocenters. The lowest BCUT2D eigenvalue weighted by Crippen LogP contribution is -2.23. The molecular weight excluding hydrogens is 398 g/mol. The molecule has 0 aliphatic carbocycles. The Hall–Kier alpha value is -2.38. The third-order valence-electron chi connectivity index (χ3n) is 4.46. The van der Waals surface area contributed by atoms with Crippen molar-refractivity contribution in [1.29, 1.82) is 0 Å². The second-order valence-electron chi connectivity index (χ2n) is 6.07. The number of aromatic nitrogens is 2. The van der Waals surface area contributed by atoms with Crippen molar-refractivity contribution in [3.63, 3.8) is 0 Å². The summed E-state index contributed by atoms with van der Waals surface area (Å²) >= 11 is 3.44. The third kappa shape index (κ3) is 3.20. The van der Waals surface area contributed by atoms with Crippen LogP contribution in [0.15, 0.2) is 40.9 Å². The van der Waals surface area contributed by atoms with E-state index in [-0.39, 0.29) is 5.91 Å². The molecule has 7 heteroatoms. The zero-order valence-electron chi connectivity index (χ0n) is 14.3. The van der Waals surface area contributed by atoms with E-state index in [1.165, 1.54) is 0 Å². The van der Waals surface area contributed by atoms with Crippen LogP contribution >= 0.6 is 15.9 Å². The fourth-order valence-electron chi connectivity index (χ4n) is 3.16. The van der Waals surface area contributed by atoms with Gasteiger partial charge in [-0.1, -0.05) is 15.9 Å². The quantitative estimate of drug-likeness (QED) is 0.709. The number of ether oxygens (including phenoxy) is 2. The van der Waals surface area contributed by atoms with Gasteiger partial charge in [-0.05, 0) is 36.4 Å². The van der Waals surface area contributed by atoms with Gasteiger partial charge in [0.2, 0.25) is 0 Å². The van der Waals surface area contributed by atoms with Crippen LogP contribution in [0.25, 0.3) is 11.0 Å². The molecule has 0 radical (unpaired) electrons. The van der Waals surface area contributed by atoms with Crippen LogP contribution in [0.4, 0.5) is 0 Å². The average molecular weight is 416 g/mol. The van der Waals surface area contributed by atoms with Gasteiger partial charge < -0.3 is 19.4 Å². The van der Waals surface area contributed by atoms with Gasteiger partial charge in [-0.25, -0.2) is 4.98 Å². The zero-order valence-corrected chi connectivity index (χ0v) is 15.9. The Balaban J connectivity index is 1.54. The molecule has 0 bridgehead atoms. The van der Waals surface area contributed by atoms with Crippen molar-refractivity contribution in [3.05, 3.63) is 57.8 Å². The SMILES string of the molecule is COc1ccc(Br)cc1CNC(=O)c1ccc2c(c1)nc1n2CCOC1. The maximum Gasteiger partial charge on any atom is 0.251 e. The molecule has 0 spiro atoms. The van der Waals surface area contributed by atoms with Crippen LogP contribution in [0.1, 0.15) is 21.7 Å². The molecule has 2 aromatic carbocycles. The van der Waals surface area contributed by atoms with Crippen molar-refractivity contribution >= 4 is 32.9 Å². The molecule has 0 saturated carbocycles. The zero-order chi connectivity index (χ0) is 18.1. The Kier molecular flexibility index (Phi) is 4.65. The summed E-state index contributed by atoms with van der Waals surface area (Å²) in [5.74, 6) is 1.50. The maximum absolute atomic E-state index is 12.6. The van der Waals surface area contributed by atoms with Crippen LogP contribution in [0.3, 0.4) is 0 Å². The second-order valence-corrected chi connectivity index (χ2v) is 6.99. The van der Waals surface area contributed by atoms with E-state index in [1.807, 2.05) is 36.4 Å². The van der Waals surface area contributed by atoms with Gasteiger partial charge in [-0.15, -0.1) is 0 Å². The minimum Gasteiger partial charge on any atom is -0.496 e. The van der Waals surface area contributed by atoms with Gasteiger partial charge in [0.25, 0.3) is 5.91 Å². The first kappa shape index (κ1) is 17.1. The summed E-state index contributed by atoms with van der Waals surface area (Å²) in [6.07, 6.45) is 0. The van der Waals surface area contributed by atoms with Crippen LogP contribution < -0.4 is 10.1 Å². The lowest BCUT2D eigenvalue weighted by atomic mass is 10.1. The van der Waals surface area contributed by atoms with Crippen molar-refractivity contribution in [2.24, 2.45) is 0 Å². The van der Waals surface area contributed by atoms with Gasteiger partial charge in [0, 0.05) is 28.7 Å². The van der Waals surface area contributed by atoms with E-state index in [0.29, 0.717) is 25.3 Å². The van der Waals surface area contributed by atoms with E-state index < -0.39 is 0 Å². The molecule has 1 N–H and O–H groups in total. The summed E-state index contributed by atoms with van der Waals surface area (Å²) in [6.45, 7) is 2.38. The number of methoxy groups -OCH3 is 1. The summed E-state index contributed by atoms with van der Waals surface area (Å²) in [6, 6.07) is 11.3. The average Bonchev–Trinajstić information content (AvgIpc) is 3.04. The fraction of sp³-hybridized carbons (Fsp3) is 0.263. The number of benzene rings is 2. The smallest absolute Gasteiger partial charge is 0.251 e. The lowest BCUT2D eigenvalue weighted by molar-refractivity contribution is 0.0830. The molecule has 1 aromatic heterocycles.